The summed E-state index contributed by atoms with van der Waals surface area (Å²) in [5.74, 6) is 0.636. The number of anilines is 1. The Bertz CT molecular complexity index is 330. The van der Waals surface area contributed by atoms with E-state index in [1.54, 1.807) is 13.3 Å². The van der Waals surface area contributed by atoms with Gasteiger partial charge in [-0.25, -0.2) is 4.98 Å². The quantitative estimate of drug-likeness (QED) is 0.820. The molecule has 0 radical (unpaired) electrons. The molecule has 0 bridgehead atoms. The van der Waals surface area contributed by atoms with Crippen molar-refractivity contribution in [1.82, 2.24) is 4.98 Å². The van der Waals surface area contributed by atoms with Gasteiger partial charge in [0.2, 0.25) is 5.88 Å². The van der Waals surface area contributed by atoms with Crippen molar-refractivity contribution in [2.75, 3.05) is 19.0 Å². The smallest absolute Gasteiger partial charge is 0.237 e. The van der Waals surface area contributed by atoms with Crippen LogP contribution in [0.25, 0.3) is 0 Å². The van der Waals surface area contributed by atoms with Crippen molar-refractivity contribution < 1.29 is 9.47 Å². The summed E-state index contributed by atoms with van der Waals surface area (Å²) in [7, 11) is 1.63. The normalized spacial score (nSPS) is 25.2. The standard InChI is InChI=1S/C11H16N2O2/c1-8-9(5-7-15-8)13-10-4-3-6-12-11(10)14-2/h3-4,6,8-9,13H,5,7H2,1-2H3. The molecule has 0 spiro atoms. The van der Waals surface area contributed by atoms with Crippen molar-refractivity contribution in [2.24, 2.45) is 0 Å². The number of methoxy groups -OCH3 is 1. The number of nitrogens with one attached hydrogen (secondary N) is 1. The summed E-state index contributed by atoms with van der Waals surface area (Å²) in [5, 5.41) is 3.40. The van der Waals surface area contributed by atoms with Crippen LogP contribution in [0.5, 0.6) is 5.88 Å². The van der Waals surface area contributed by atoms with Gasteiger partial charge >= 0.3 is 0 Å². The van der Waals surface area contributed by atoms with Crippen LogP contribution in [0, 0.1) is 0 Å². The average molecular weight is 208 g/mol. The SMILES string of the molecule is COc1ncccc1NC1CCOC1C. The number of rotatable bonds is 3. The zero-order valence-electron chi connectivity index (χ0n) is 9.06. The molecule has 1 saturated heterocycles. The number of aromatic nitrogens is 1. The second kappa shape index (κ2) is 4.49. The predicted octanol–water partition coefficient (Wildman–Crippen LogP) is 1.68. The molecule has 2 rings (SSSR count). The topological polar surface area (TPSA) is 43.4 Å². The van der Waals surface area contributed by atoms with Crippen LogP contribution < -0.4 is 10.1 Å². The first kappa shape index (κ1) is 10.2. The molecular weight excluding hydrogens is 192 g/mol. The van der Waals surface area contributed by atoms with E-state index in [2.05, 4.69) is 17.2 Å². The Labute approximate surface area is 89.6 Å². The van der Waals surface area contributed by atoms with Gasteiger partial charge in [-0.3, -0.25) is 0 Å². The molecule has 4 nitrogen and oxygen atoms in total. The number of ether oxygens (including phenoxy) is 2. The molecule has 1 aromatic heterocycles. The molecule has 0 saturated carbocycles. The lowest BCUT2D eigenvalue weighted by molar-refractivity contribution is 0.121. The van der Waals surface area contributed by atoms with Crippen LogP contribution >= 0.6 is 0 Å². The Morgan fingerprint density at radius 3 is 3.13 bits per heavy atom. The first-order valence-corrected chi connectivity index (χ1v) is 5.18. The first-order chi connectivity index (χ1) is 7.31. The maximum absolute atomic E-state index is 5.49. The monoisotopic (exact) mass is 208 g/mol. The molecule has 2 heterocycles. The van der Waals surface area contributed by atoms with E-state index in [1.807, 2.05) is 12.1 Å². The Hall–Kier alpha value is -1.29. The predicted molar refractivity (Wildman–Crippen MR) is 58.2 cm³/mol. The molecule has 15 heavy (non-hydrogen) atoms. The highest BCUT2D eigenvalue weighted by Gasteiger charge is 2.24. The second-order valence-corrected chi connectivity index (χ2v) is 3.68. The molecule has 1 N–H and O–H groups in total. The zero-order valence-corrected chi connectivity index (χ0v) is 9.06. The minimum atomic E-state index is 0.245. The van der Waals surface area contributed by atoms with Gasteiger partial charge < -0.3 is 14.8 Å². The lowest BCUT2D eigenvalue weighted by atomic mass is 10.1. The fraction of sp³-hybridized carbons (Fsp3) is 0.545. The van der Waals surface area contributed by atoms with Gasteiger partial charge in [0.05, 0.1) is 24.9 Å². The molecule has 1 aromatic rings. The summed E-state index contributed by atoms with van der Waals surface area (Å²) in [4.78, 5) is 4.14. The molecule has 1 aliphatic heterocycles. The van der Waals surface area contributed by atoms with Crippen molar-refractivity contribution in [1.29, 1.82) is 0 Å². The largest absolute Gasteiger partial charge is 0.480 e. The third-order valence-electron chi connectivity index (χ3n) is 2.68. The average Bonchev–Trinajstić information content (AvgIpc) is 2.65. The van der Waals surface area contributed by atoms with Gasteiger partial charge in [-0.05, 0) is 25.5 Å². The van der Waals surface area contributed by atoms with E-state index in [1.165, 1.54) is 0 Å². The van der Waals surface area contributed by atoms with Crippen LogP contribution in [-0.4, -0.2) is 30.8 Å². The molecule has 0 aliphatic carbocycles. The van der Waals surface area contributed by atoms with Crippen molar-refractivity contribution in [3.05, 3.63) is 18.3 Å². The summed E-state index contributed by atoms with van der Waals surface area (Å²) >= 11 is 0. The van der Waals surface area contributed by atoms with Gasteiger partial charge in [-0.2, -0.15) is 0 Å². The number of hydrogen-bond donors (Lipinski definition) is 1. The molecule has 4 heteroatoms. The third-order valence-corrected chi connectivity index (χ3v) is 2.68. The Balaban J connectivity index is 2.09. The number of pyridine rings is 1. The van der Waals surface area contributed by atoms with Crippen molar-refractivity contribution >= 4 is 5.69 Å². The number of hydrogen-bond acceptors (Lipinski definition) is 4. The highest BCUT2D eigenvalue weighted by Crippen LogP contribution is 2.24. The van der Waals surface area contributed by atoms with E-state index >= 15 is 0 Å². The molecule has 2 atom stereocenters. The lowest BCUT2D eigenvalue weighted by Crippen LogP contribution is -2.26. The van der Waals surface area contributed by atoms with Crippen LogP contribution in [0.2, 0.25) is 0 Å². The van der Waals surface area contributed by atoms with Gasteiger partial charge in [0.25, 0.3) is 0 Å². The Kier molecular flexibility index (Phi) is 3.06. The molecule has 82 valence electrons. The molecule has 0 aromatic carbocycles. The second-order valence-electron chi connectivity index (χ2n) is 3.68. The first-order valence-electron chi connectivity index (χ1n) is 5.18. The van der Waals surface area contributed by atoms with Gasteiger partial charge in [-0.1, -0.05) is 0 Å². The number of nitrogens with zero attached hydrogens (tertiary/aromatic N) is 1. The van der Waals surface area contributed by atoms with E-state index in [-0.39, 0.29) is 6.10 Å². The molecular formula is C11H16N2O2. The summed E-state index contributed by atoms with van der Waals surface area (Å²) < 4.78 is 10.7. The molecule has 1 fully saturated rings. The Morgan fingerprint density at radius 2 is 2.47 bits per heavy atom. The maximum atomic E-state index is 5.49. The summed E-state index contributed by atoms with van der Waals surface area (Å²) in [6, 6.07) is 4.21. The van der Waals surface area contributed by atoms with Crippen molar-refractivity contribution in [3.8, 4) is 5.88 Å². The lowest BCUT2D eigenvalue weighted by Gasteiger charge is -2.18. The van der Waals surface area contributed by atoms with Crippen molar-refractivity contribution in [3.63, 3.8) is 0 Å². The van der Waals surface area contributed by atoms with Gasteiger partial charge in [0, 0.05) is 12.8 Å². The van der Waals surface area contributed by atoms with Crippen LogP contribution in [0.1, 0.15) is 13.3 Å². The van der Waals surface area contributed by atoms with E-state index in [9.17, 15) is 0 Å². The minimum Gasteiger partial charge on any atom is -0.480 e. The fourth-order valence-electron chi connectivity index (χ4n) is 1.78. The summed E-state index contributed by atoms with van der Waals surface area (Å²) in [6.07, 6.45) is 2.99. The highest BCUT2D eigenvalue weighted by atomic mass is 16.5. The highest BCUT2D eigenvalue weighted by molar-refractivity contribution is 5.52. The van der Waals surface area contributed by atoms with E-state index in [4.69, 9.17) is 9.47 Å². The Morgan fingerprint density at radius 1 is 1.60 bits per heavy atom. The fourth-order valence-corrected chi connectivity index (χ4v) is 1.78. The minimum absolute atomic E-state index is 0.245. The van der Waals surface area contributed by atoms with Crippen LogP contribution in [0.15, 0.2) is 18.3 Å². The van der Waals surface area contributed by atoms with Crippen molar-refractivity contribution in [2.45, 2.75) is 25.5 Å². The van der Waals surface area contributed by atoms with E-state index < -0.39 is 0 Å². The van der Waals surface area contributed by atoms with Gasteiger partial charge in [-0.15, -0.1) is 0 Å². The van der Waals surface area contributed by atoms with Crippen LogP contribution in [-0.2, 0) is 4.74 Å². The van der Waals surface area contributed by atoms with Gasteiger partial charge in [0.1, 0.15) is 0 Å². The van der Waals surface area contributed by atoms with Gasteiger partial charge in [0.15, 0.2) is 0 Å². The molecule has 2 unspecified atom stereocenters. The maximum Gasteiger partial charge on any atom is 0.237 e. The van der Waals surface area contributed by atoms with Crippen LogP contribution in [0.4, 0.5) is 5.69 Å². The van der Waals surface area contributed by atoms with E-state index in [0.717, 1.165) is 18.7 Å². The molecule has 1 aliphatic rings. The van der Waals surface area contributed by atoms with Crippen LogP contribution in [0.3, 0.4) is 0 Å². The van der Waals surface area contributed by atoms with E-state index in [0.29, 0.717) is 11.9 Å². The summed E-state index contributed by atoms with van der Waals surface area (Å²) in [6.45, 7) is 2.90. The molecule has 0 amide bonds. The summed E-state index contributed by atoms with van der Waals surface area (Å²) in [5.41, 5.74) is 0.933. The third kappa shape index (κ3) is 2.21. The zero-order chi connectivity index (χ0) is 10.7.